The van der Waals surface area contributed by atoms with Crippen LogP contribution in [0.4, 0.5) is 0 Å². The van der Waals surface area contributed by atoms with Gasteiger partial charge in [0.1, 0.15) is 11.7 Å². The van der Waals surface area contributed by atoms with Crippen molar-refractivity contribution in [1.29, 1.82) is 5.26 Å². The van der Waals surface area contributed by atoms with Crippen LogP contribution in [0, 0.1) is 24.2 Å². The van der Waals surface area contributed by atoms with E-state index in [4.69, 9.17) is 5.26 Å². The average molecular weight is 289 g/mol. The first-order chi connectivity index (χ1) is 9.81. The molecule has 2 N–H and O–H groups in total. The summed E-state index contributed by atoms with van der Waals surface area (Å²) in [5.74, 6) is -0.0629. The van der Waals surface area contributed by atoms with Gasteiger partial charge in [0, 0.05) is 11.3 Å². The van der Waals surface area contributed by atoms with Crippen LogP contribution in [0.5, 0.6) is 0 Å². The summed E-state index contributed by atoms with van der Waals surface area (Å²) < 4.78 is 0. The van der Waals surface area contributed by atoms with E-state index in [1.54, 1.807) is 6.92 Å². The number of ketones is 1. The minimum atomic E-state index is -0.522. The molecule has 5 nitrogen and oxygen atoms in total. The monoisotopic (exact) mass is 289 g/mol. The number of Topliss-reactive ketones (excluding diaryl/α,β-unsaturated/α-hetero) is 1. The Morgan fingerprint density at radius 2 is 2.00 bits per heavy atom. The molecule has 1 unspecified atom stereocenters. The summed E-state index contributed by atoms with van der Waals surface area (Å²) in [7, 11) is 0. The summed E-state index contributed by atoms with van der Waals surface area (Å²) in [4.78, 5) is 27.0. The summed E-state index contributed by atoms with van der Waals surface area (Å²) in [6.45, 7) is 9.18. The number of carbonyl (C=O) groups is 2. The van der Waals surface area contributed by atoms with Gasteiger partial charge in [0.05, 0.1) is 6.07 Å². The fourth-order valence-electron chi connectivity index (χ4n) is 2.55. The van der Waals surface area contributed by atoms with Gasteiger partial charge in [0.2, 0.25) is 0 Å². The zero-order valence-electron chi connectivity index (χ0n) is 13.3. The first kappa shape index (κ1) is 17.0. The van der Waals surface area contributed by atoms with E-state index >= 15 is 0 Å². The molecule has 1 amide bonds. The number of hydrogen-bond acceptors (Lipinski definition) is 3. The Kier molecular flexibility index (Phi) is 5.71. The van der Waals surface area contributed by atoms with Gasteiger partial charge in [-0.25, -0.2) is 0 Å². The molecule has 21 heavy (non-hydrogen) atoms. The van der Waals surface area contributed by atoms with Crippen LogP contribution in [0.2, 0.25) is 0 Å². The van der Waals surface area contributed by atoms with Crippen LogP contribution < -0.4 is 5.32 Å². The highest BCUT2D eigenvalue weighted by atomic mass is 16.2. The standard InChI is InChI=1S/C16H23N3O2/c1-6-13-14(11(5)20)10(4)18-15(13)16(21)19-12(8-17)7-9(2)3/h9,12,18H,6-7H2,1-5H3,(H,19,21). The van der Waals surface area contributed by atoms with E-state index in [1.807, 2.05) is 20.8 Å². The Morgan fingerprint density at radius 3 is 2.43 bits per heavy atom. The van der Waals surface area contributed by atoms with E-state index in [0.29, 0.717) is 35.7 Å². The third-order valence-electron chi connectivity index (χ3n) is 3.39. The van der Waals surface area contributed by atoms with Crippen LogP contribution in [-0.4, -0.2) is 22.7 Å². The smallest absolute Gasteiger partial charge is 0.269 e. The predicted molar refractivity (Wildman–Crippen MR) is 81.2 cm³/mol. The molecule has 0 fully saturated rings. The molecule has 1 rings (SSSR count). The summed E-state index contributed by atoms with van der Waals surface area (Å²) in [5, 5.41) is 11.8. The molecule has 1 aromatic rings. The molecule has 0 radical (unpaired) electrons. The lowest BCUT2D eigenvalue weighted by molar-refractivity contribution is 0.0936. The Hall–Kier alpha value is -2.09. The van der Waals surface area contributed by atoms with Crippen molar-refractivity contribution in [3.63, 3.8) is 0 Å². The van der Waals surface area contributed by atoms with Gasteiger partial charge in [0.25, 0.3) is 5.91 Å². The molecule has 0 spiro atoms. The summed E-state index contributed by atoms with van der Waals surface area (Å²) >= 11 is 0. The highest BCUT2D eigenvalue weighted by molar-refractivity contribution is 6.02. The Labute approximate surface area is 125 Å². The second-order valence-electron chi connectivity index (χ2n) is 5.67. The maximum Gasteiger partial charge on any atom is 0.269 e. The number of amides is 1. The number of nitrogens with zero attached hydrogens (tertiary/aromatic N) is 1. The van der Waals surface area contributed by atoms with Gasteiger partial charge in [0.15, 0.2) is 5.78 Å². The maximum atomic E-state index is 12.4. The van der Waals surface area contributed by atoms with Crippen molar-refractivity contribution in [3.05, 3.63) is 22.5 Å². The number of nitriles is 1. The topological polar surface area (TPSA) is 85.8 Å². The highest BCUT2D eigenvalue weighted by Crippen LogP contribution is 2.20. The lowest BCUT2D eigenvalue weighted by Gasteiger charge is -2.13. The Balaban J connectivity index is 3.06. The second-order valence-corrected chi connectivity index (χ2v) is 5.67. The lowest BCUT2D eigenvalue weighted by atomic mass is 10.0. The summed E-state index contributed by atoms with van der Waals surface area (Å²) in [6, 6.07) is 1.58. The Morgan fingerprint density at radius 1 is 1.38 bits per heavy atom. The number of aromatic amines is 1. The quantitative estimate of drug-likeness (QED) is 0.789. The highest BCUT2D eigenvalue weighted by Gasteiger charge is 2.23. The average Bonchev–Trinajstić information content (AvgIpc) is 2.74. The van der Waals surface area contributed by atoms with Crippen molar-refractivity contribution in [2.24, 2.45) is 5.92 Å². The van der Waals surface area contributed by atoms with Crippen LogP contribution in [-0.2, 0) is 6.42 Å². The zero-order chi connectivity index (χ0) is 16.2. The Bertz CT molecular complexity index is 579. The molecule has 1 atom stereocenters. The third kappa shape index (κ3) is 3.94. The van der Waals surface area contributed by atoms with Crippen molar-refractivity contribution in [3.8, 4) is 6.07 Å². The molecule has 0 aliphatic carbocycles. The van der Waals surface area contributed by atoms with E-state index in [1.165, 1.54) is 6.92 Å². The van der Waals surface area contributed by atoms with Gasteiger partial charge in [-0.15, -0.1) is 0 Å². The molecule has 5 heteroatoms. The maximum absolute atomic E-state index is 12.4. The molecular weight excluding hydrogens is 266 g/mol. The van der Waals surface area contributed by atoms with Crippen LogP contribution in [0.1, 0.15) is 66.2 Å². The molecule has 0 saturated heterocycles. The van der Waals surface area contributed by atoms with Crippen LogP contribution >= 0.6 is 0 Å². The number of hydrogen-bond donors (Lipinski definition) is 2. The predicted octanol–water partition coefficient (Wildman–Crippen LogP) is 2.76. The van der Waals surface area contributed by atoms with Gasteiger partial charge in [-0.2, -0.15) is 5.26 Å². The molecule has 0 bridgehead atoms. The van der Waals surface area contributed by atoms with Crippen LogP contribution in [0.15, 0.2) is 0 Å². The minimum Gasteiger partial charge on any atom is -0.354 e. The number of H-pyrrole nitrogens is 1. The first-order valence-corrected chi connectivity index (χ1v) is 7.24. The number of carbonyl (C=O) groups excluding carboxylic acids is 2. The number of nitrogens with one attached hydrogen (secondary N) is 2. The normalized spacial score (nSPS) is 12.0. The van der Waals surface area contributed by atoms with E-state index in [0.717, 1.165) is 5.56 Å². The van der Waals surface area contributed by atoms with Crippen molar-refractivity contribution in [2.75, 3.05) is 0 Å². The zero-order valence-corrected chi connectivity index (χ0v) is 13.3. The molecular formula is C16H23N3O2. The van der Waals surface area contributed by atoms with Crippen molar-refractivity contribution >= 4 is 11.7 Å². The first-order valence-electron chi connectivity index (χ1n) is 7.24. The van der Waals surface area contributed by atoms with Gasteiger partial charge < -0.3 is 10.3 Å². The third-order valence-corrected chi connectivity index (χ3v) is 3.39. The van der Waals surface area contributed by atoms with Crippen molar-refractivity contribution < 1.29 is 9.59 Å². The molecule has 0 aliphatic heterocycles. The molecule has 1 heterocycles. The molecule has 0 aliphatic rings. The number of aryl methyl sites for hydroxylation is 1. The van der Waals surface area contributed by atoms with E-state index in [-0.39, 0.29) is 11.7 Å². The molecule has 1 aromatic heterocycles. The SMILES string of the molecule is CCc1c(C(=O)NC(C#N)CC(C)C)[nH]c(C)c1C(C)=O. The van der Waals surface area contributed by atoms with Gasteiger partial charge in [-0.1, -0.05) is 20.8 Å². The van der Waals surface area contributed by atoms with E-state index in [9.17, 15) is 9.59 Å². The van der Waals surface area contributed by atoms with Crippen LogP contribution in [0.3, 0.4) is 0 Å². The van der Waals surface area contributed by atoms with E-state index in [2.05, 4.69) is 16.4 Å². The minimum absolute atomic E-state index is 0.0568. The fourth-order valence-corrected chi connectivity index (χ4v) is 2.55. The summed E-state index contributed by atoms with van der Waals surface area (Å²) in [6.07, 6.45) is 1.19. The van der Waals surface area contributed by atoms with Gasteiger partial charge in [-0.05, 0) is 38.2 Å². The van der Waals surface area contributed by atoms with E-state index < -0.39 is 6.04 Å². The van der Waals surface area contributed by atoms with Crippen molar-refractivity contribution in [2.45, 2.75) is 53.5 Å². The van der Waals surface area contributed by atoms with Crippen molar-refractivity contribution in [1.82, 2.24) is 10.3 Å². The molecule has 0 saturated carbocycles. The van der Waals surface area contributed by atoms with Gasteiger partial charge >= 0.3 is 0 Å². The number of aromatic nitrogens is 1. The molecule has 0 aromatic carbocycles. The number of rotatable bonds is 6. The summed E-state index contributed by atoms with van der Waals surface area (Å²) in [5.41, 5.74) is 2.39. The van der Waals surface area contributed by atoms with Crippen LogP contribution in [0.25, 0.3) is 0 Å². The molecule has 114 valence electrons. The second kappa shape index (κ2) is 7.07. The fraction of sp³-hybridized carbons (Fsp3) is 0.562. The van der Waals surface area contributed by atoms with Gasteiger partial charge in [-0.3, -0.25) is 9.59 Å². The lowest BCUT2D eigenvalue weighted by Crippen LogP contribution is -2.35. The largest absolute Gasteiger partial charge is 0.354 e.